The quantitative estimate of drug-likeness (QED) is 0.367. The summed E-state index contributed by atoms with van der Waals surface area (Å²) in [5.41, 5.74) is 14.3. The van der Waals surface area contributed by atoms with Gasteiger partial charge in [0.2, 0.25) is 0 Å². The van der Waals surface area contributed by atoms with Crippen molar-refractivity contribution in [3.63, 3.8) is 0 Å². The lowest BCUT2D eigenvalue weighted by Crippen LogP contribution is -2.12. The van der Waals surface area contributed by atoms with Crippen LogP contribution in [0.5, 0.6) is 5.75 Å². The van der Waals surface area contributed by atoms with Crippen LogP contribution in [-0.4, -0.2) is 19.7 Å². The number of pyridine rings is 2. The number of aromatic nitrogens is 4. The summed E-state index contributed by atoms with van der Waals surface area (Å²) in [6.07, 6.45) is 6.62. The molecule has 3 aliphatic rings. The fourth-order valence-corrected chi connectivity index (χ4v) is 5.99. The predicted molar refractivity (Wildman–Crippen MR) is 136 cm³/mol. The Balaban J connectivity index is 1.55. The fourth-order valence-electron chi connectivity index (χ4n) is 5.99. The maximum absolute atomic E-state index is 14.5. The van der Waals surface area contributed by atoms with Gasteiger partial charge in [-0.25, -0.2) is 9.37 Å². The van der Waals surface area contributed by atoms with Crippen molar-refractivity contribution in [2.45, 2.75) is 57.6 Å². The van der Waals surface area contributed by atoms with E-state index in [4.69, 9.17) is 20.6 Å². The number of halogens is 1. The molecule has 2 aliphatic carbocycles. The lowest BCUT2D eigenvalue weighted by atomic mass is 9.86. The standard InChI is InChI=1S/C29H28FN5O/c1-15-10-23-20-4-3-9-32-27(20)21-8-7-19(30)12-22(21)16(2)36-24-11-18(13-33-29(24)31)28-25(23)26(15)34-35(28)14-17-5-6-17/h3-4,7-9,11-13,15-17,23H,5-6,10,14H2,1-2H3,(H2,31,33)/t15?,16-,23-/m1/s1. The molecule has 3 atom stereocenters. The number of nitrogen functional groups attached to an aromatic ring is 1. The molecule has 1 aromatic carbocycles. The first-order valence-electron chi connectivity index (χ1n) is 12.8. The molecule has 2 bridgehead atoms. The van der Waals surface area contributed by atoms with Crippen molar-refractivity contribution < 1.29 is 9.13 Å². The van der Waals surface area contributed by atoms with Crippen molar-refractivity contribution in [3.05, 3.63) is 77.0 Å². The Morgan fingerprint density at radius 3 is 2.81 bits per heavy atom. The highest BCUT2D eigenvalue weighted by atomic mass is 19.1. The molecular weight excluding hydrogens is 453 g/mol. The van der Waals surface area contributed by atoms with Crippen LogP contribution in [0.3, 0.4) is 0 Å². The van der Waals surface area contributed by atoms with Gasteiger partial charge in [-0.3, -0.25) is 9.67 Å². The van der Waals surface area contributed by atoms with Gasteiger partial charge in [0.05, 0.1) is 17.1 Å². The minimum atomic E-state index is -0.460. The van der Waals surface area contributed by atoms with Gasteiger partial charge in [0.25, 0.3) is 0 Å². The van der Waals surface area contributed by atoms with Crippen molar-refractivity contribution in [2.75, 3.05) is 5.73 Å². The molecule has 4 aromatic rings. The monoisotopic (exact) mass is 481 g/mol. The lowest BCUT2D eigenvalue weighted by Gasteiger charge is -2.24. The topological polar surface area (TPSA) is 78.8 Å². The van der Waals surface area contributed by atoms with Crippen molar-refractivity contribution in [1.82, 2.24) is 19.7 Å². The summed E-state index contributed by atoms with van der Waals surface area (Å²) in [6.45, 7) is 5.07. The molecule has 1 aliphatic heterocycles. The third-order valence-corrected chi connectivity index (χ3v) is 7.93. The number of benzene rings is 1. The fraction of sp³-hybridized carbons (Fsp3) is 0.345. The van der Waals surface area contributed by atoms with Crippen LogP contribution in [0.2, 0.25) is 0 Å². The van der Waals surface area contributed by atoms with E-state index < -0.39 is 6.10 Å². The van der Waals surface area contributed by atoms with E-state index in [-0.39, 0.29) is 11.7 Å². The first-order chi connectivity index (χ1) is 17.5. The molecule has 6 nitrogen and oxygen atoms in total. The minimum Gasteiger partial charge on any atom is -0.482 e. The van der Waals surface area contributed by atoms with E-state index in [1.54, 1.807) is 6.07 Å². The zero-order chi connectivity index (χ0) is 24.6. The van der Waals surface area contributed by atoms with E-state index in [0.717, 1.165) is 52.3 Å². The van der Waals surface area contributed by atoms with Gasteiger partial charge in [-0.2, -0.15) is 5.10 Å². The largest absolute Gasteiger partial charge is 0.482 e. The first-order valence-corrected chi connectivity index (χ1v) is 12.8. The second kappa shape index (κ2) is 7.88. The maximum atomic E-state index is 14.5. The van der Waals surface area contributed by atoms with Crippen LogP contribution in [-0.2, 0) is 6.54 Å². The molecule has 0 saturated heterocycles. The highest BCUT2D eigenvalue weighted by Gasteiger charge is 2.39. The normalized spacial score (nSPS) is 22.0. The zero-order valence-corrected chi connectivity index (χ0v) is 20.4. The van der Waals surface area contributed by atoms with Gasteiger partial charge >= 0.3 is 0 Å². The van der Waals surface area contributed by atoms with E-state index >= 15 is 0 Å². The Labute approximate surface area is 209 Å². The summed E-state index contributed by atoms with van der Waals surface area (Å²) in [6, 6.07) is 11.0. The van der Waals surface area contributed by atoms with Crippen molar-refractivity contribution >= 4 is 5.82 Å². The molecule has 7 rings (SSSR count). The van der Waals surface area contributed by atoms with Gasteiger partial charge in [-0.05, 0) is 68.0 Å². The highest BCUT2D eigenvalue weighted by molar-refractivity contribution is 5.75. The summed E-state index contributed by atoms with van der Waals surface area (Å²) >= 11 is 0. The molecule has 3 aromatic heterocycles. The van der Waals surface area contributed by atoms with Gasteiger partial charge in [0, 0.05) is 53.0 Å². The summed E-state index contributed by atoms with van der Waals surface area (Å²) in [5, 5.41) is 5.17. The molecule has 1 unspecified atom stereocenters. The molecule has 182 valence electrons. The molecule has 0 spiro atoms. The summed E-state index contributed by atoms with van der Waals surface area (Å²) in [7, 11) is 0. The Bertz CT molecular complexity index is 1510. The number of nitrogens with zero attached hydrogens (tertiary/aromatic N) is 4. The molecular formula is C29H28FN5O. The Hall–Kier alpha value is -3.74. The van der Waals surface area contributed by atoms with Gasteiger partial charge < -0.3 is 10.5 Å². The first kappa shape index (κ1) is 21.5. The number of hydrogen-bond acceptors (Lipinski definition) is 5. The molecule has 2 N–H and O–H groups in total. The van der Waals surface area contributed by atoms with Gasteiger partial charge in [0.1, 0.15) is 11.9 Å². The number of fused-ring (bicyclic) bond motifs is 7. The summed E-state index contributed by atoms with van der Waals surface area (Å²) < 4.78 is 23.0. The van der Waals surface area contributed by atoms with Crippen LogP contribution in [0.15, 0.2) is 48.8 Å². The number of rotatable bonds is 2. The number of anilines is 1. The maximum Gasteiger partial charge on any atom is 0.166 e. The summed E-state index contributed by atoms with van der Waals surface area (Å²) in [4.78, 5) is 9.36. The molecule has 4 heterocycles. The SMILES string of the molecule is CC1C[C@@H]2c3cccnc3-c3ccc(F)cc3[C@@H](C)Oc3cc(cnc3N)-c3c2c1nn3CC1CC1. The Morgan fingerprint density at radius 2 is 1.97 bits per heavy atom. The van der Waals surface area contributed by atoms with Crippen molar-refractivity contribution in [2.24, 2.45) is 5.92 Å². The van der Waals surface area contributed by atoms with Gasteiger partial charge in [0.15, 0.2) is 11.6 Å². The Morgan fingerprint density at radius 1 is 1.11 bits per heavy atom. The Kier molecular flexibility index (Phi) is 4.72. The molecule has 1 fully saturated rings. The third kappa shape index (κ3) is 3.33. The average Bonchev–Trinajstić information content (AvgIpc) is 3.53. The van der Waals surface area contributed by atoms with Crippen LogP contribution in [0.25, 0.3) is 22.5 Å². The number of hydrogen-bond donors (Lipinski definition) is 1. The van der Waals surface area contributed by atoms with E-state index in [1.165, 1.54) is 24.5 Å². The second-order valence-corrected chi connectivity index (χ2v) is 10.5. The zero-order valence-electron chi connectivity index (χ0n) is 20.4. The van der Waals surface area contributed by atoms with Gasteiger partial charge in [-0.15, -0.1) is 0 Å². The highest BCUT2D eigenvalue weighted by Crippen LogP contribution is 2.52. The van der Waals surface area contributed by atoms with Crippen molar-refractivity contribution in [3.8, 4) is 28.3 Å². The van der Waals surface area contributed by atoms with Crippen LogP contribution in [0.1, 0.15) is 73.4 Å². The summed E-state index contributed by atoms with van der Waals surface area (Å²) in [5.74, 6) is 1.60. The van der Waals surface area contributed by atoms with Crippen LogP contribution in [0, 0.1) is 11.7 Å². The van der Waals surface area contributed by atoms with Gasteiger partial charge in [-0.1, -0.05) is 13.0 Å². The minimum absolute atomic E-state index is 0.121. The smallest absolute Gasteiger partial charge is 0.166 e. The second-order valence-electron chi connectivity index (χ2n) is 10.5. The van der Waals surface area contributed by atoms with Crippen LogP contribution >= 0.6 is 0 Å². The third-order valence-electron chi connectivity index (χ3n) is 7.93. The average molecular weight is 482 g/mol. The number of nitrogens with two attached hydrogens (primary N) is 1. The van der Waals surface area contributed by atoms with Crippen molar-refractivity contribution in [1.29, 1.82) is 0 Å². The van der Waals surface area contributed by atoms with Crippen LogP contribution in [0.4, 0.5) is 10.2 Å². The molecule has 7 heteroatoms. The molecule has 36 heavy (non-hydrogen) atoms. The molecule has 0 amide bonds. The number of ether oxygens (including phenoxy) is 1. The predicted octanol–water partition coefficient (Wildman–Crippen LogP) is 6.23. The van der Waals surface area contributed by atoms with Crippen LogP contribution < -0.4 is 10.5 Å². The molecule has 1 saturated carbocycles. The molecule has 0 radical (unpaired) electrons. The lowest BCUT2D eigenvalue weighted by molar-refractivity contribution is 0.227. The van der Waals surface area contributed by atoms with E-state index in [2.05, 4.69) is 22.7 Å². The van der Waals surface area contributed by atoms with E-state index in [1.807, 2.05) is 37.5 Å². The van der Waals surface area contributed by atoms with E-state index in [9.17, 15) is 4.39 Å². The van der Waals surface area contributed by atoms with E-state index in [0.29, 0.717) is 23.4 Å².